The molecule has 1 aromatic carbocycles. The lowest BCUT2D eigenvalue weighted by molar-refractivity contribution is -0.141. The van der Waals surface area contributed by atoms with Crippen LogP contribution >= 0.6 is 0 Å². The number of pyridine rings is 1. The Labute approximate surface area is 143 Å². The first-order valence-corrected chi connectivity index (χ1v) is 8.62. The second kappa shape index (κ2) is 6.83. The molecule has 1 heterocycles. The number of benzene rings is 1. The van der Waals surface area contributed by atoms with Crippen LogP contribution in [0.5, 0.6) is 0 Å². The van der Waals surface area contributed by atoms with E-state index in [9.17, 15) is 26.4 Å². The number of nitrogens with zero attached hydrogens (tertiary/aromatic N) is 1. The van der Waals surface area contributed by atoms with Crippen LogP contribution in [0.4, 0.5) is 13.2 Å². The largest absolute Gasteiger partial charge is 0.433 e. The van der Waals surface area contributed by atoms with Gasteiger partial charge in [0.1, 0.15) is 10.6 Å². The third kappa shape index (κ3) is 4.79. The minimum atomic E-state index is -4.67. The van der Waals surface area contributed by atoms with Crippen LogP contribution in [0.25, 0.3) is 0 Å². The van der Waals surface area contributed by atoms with Gasteiger partial charge in [-0.2, -0.15) is 13.2 Å². The van der Waals surface area contributed by atoms with Crippen LogP contribution in [0.3, 0.4) is 0 Å². The Hall–Kier alpha value is -2.42. The van der Waals surface area contributed by atoms with E-state index >= 15 is 0 Å². The van der Waals surface area contributed by atoms with Crippen LogP contribution in [-0.4, -0.2) is 19.3 Å². The zero-order chi connectivity index (χ0) is 18.8. The zero-order valence-corrected chi connectivity index (χ0v) is 14.2. The van der Waals surface area contributed by atoms with Gasteiger partial charge in [0.05, 0.1) is 6.42 Å². The van der Waals surface area contributed by atoms with Crippen molar-refractivity contribution in [1.82, 2.24) is 9.71 Å². The van der Waals surface area contributed by atoms with Crippen LogP contribution < -0.4 is 4.72 Å². The summed E-state index contributed by atoms with van der Waals surface area (Å²) >= 11 is 0. The first kappa shape index (κ1) is 18.9. The molecule has 134 valence electrons. The molecule has 5 nitrogen and oxygen atoms in total. The second-order valence-corrected chi connectivity index (χ2v) is 7.19. The Bertz CT molecular complexity index is 892. The van der Waals surface area contributed by atoms with Crippen LogP contribution in [0.2, 0.25) is 0 Å². The molecule has 1 amide bonds. The fourth-order valence-electron chi connectivity index (χ4n) is 2.12. The van der Waals surface area contributed by atoms with Crippen LogP contribution in [-0.2, 0) is 27.4 Å². The molecule has 0 aliphatic heterocycles. The summed E-state index contributed by atoms with van der Waals surface area (Å²) in [5, 5.41) is 0. The van der Waals surface area contributed by atoms with Crippen molar-refractivity contribution in [3.8, 4) is 0 Å². The first-order chi connectivity index (χ1) is 11.5. The number of hydrogen-bond donors (Lipinski definition) is 1. The summed E-state index contributed by atoms with van der Waals surface area (Å²) in [5.41, 5.74) is 1.20. The monoisotopic (exact) mass is 372 g/mol. The van der Waals surface area contributed by atoms with Gasteiger partial charge in [0.25, 0.3) is 10.0 Å². The van der Waals surface area contributed by atoms with Crippen molar-refractivity contribution in [3.63, 3.8) is 0 Å². The molecular formula is C16H15F3N2O3S. The molecule has 1 aromatic heterocycles. The fourth-order valence-corrected chi connectivity index (χ4v) is 3.04. The number of hydrogen-bond acceptors (Lipinski definition) is 4. The van der Waals surface area contributed by atoms with E-state index in [0.29, 0.717) is 17.8 Å². The van der Waals surface area contributed by atoms with Crippen molar-refractivity contribution in [2.24, 2.45) is 0 Å². The summed E-state index contributed by atoms with van der Waals surface area (Å²) in [6.07, 6.45) is -4.27. The molecule has 0 bridgehead atoms. The van der Waals surface area contributed by atoms with Crippen molar-refractivity contribution in [1.29, 1.82) is 0 Å². The van der Waals surface area contributed by atoms with E-state index in [1.54, 1.807) is 13.0 Å². The minimum absolute atomic E-state index is 0.166. The van der Waals surface area contributed by atoms with E-state index in [0.717, 1.165) is 17.2 Å². The molecule has 0 fully saturated rings. The number of carbonyl (C=O) groups excluding carboxylic acids is 1. The zero-order valence-electron chi connectivity index (χ0n) is 13.4. The molecule has 25 heavy (non-hydrogen) atoms. The van der Waals surface area contributed by atoms with E-state index in [4.69, 9.17) is 0 Å². The Morgan fingerprint density at radius 1 is 1.16 bits per heavy atom. The third-order valence-corrected chi connectivity index (χ3v) is 4.80. The number of sulfonamides is 1. The molecular weight excluding hydrogens is 357 g/mol. The molecule has 1 N–H and O–H groups in total. The van der Waals surface area contributed by atoms with Gasteiger partial charge in [0.2, 0.25) is 5.91 Å². The van der Waals surface area contributed by atoms with Crippen molar-refractivity contribution in [2.45, 2.75) is 31.3 Å². The summed E-state index contributed by atoms with van der Waals surface area (Å²) in [4.78, 5) is 14.6. The standard InChI is InChI=1S/C16H15F3N2O3S/c1-10-3-4-11(2)12(7-10)8-15(22)21-25(23,24)13-5-6-14(20-9-13)16(17,18)19/h3-7,9H,8H2,1-2H3,(H,21,22). The lowest BCUT2D eigenvalue weighted by atomic mass is 10.0. The van der Waals surface area contributed by atoms with Crippen LogP contribution in [0, 0.1) is 13.8 Å². The molecule has 0 aliphatic carbocycles. The van der Waals surface area contributed by atoms with Gasteiger partial charge in [-0.3, -0.25) is 9.78 Å². The quantitative estimate of drug-likeness (QED) is 0.895. The normalized spacial score (nSPS) is 12.0. The van der Waals surface area contributed by atoms with E-state index in [1.165, 1.54) is 0 Å². The highest BCUT2D eigenvalue weighted by molar-refractivity contribution is 7.90. The molecule has 0 unspecified atom stereocenters. The maximum absolute atomic E-state index is 12.5. The topological polar surface area (TPSA) is 76.1 Å². The Morgan fingerprint density at radius 3 is 2.40 bits per heavy atom. The highest BCUT2D eigenvalue weighted by Gasteiger charge is 2.32. The van der Waals surface area contributed by atoms with Gasteiger partial charge in [0.15, 0.2) is 0 Å². The summed E-state index contributed by atoms with van der Waals surface area (Å²) in [6.45, 7) is 3.63. The molecule has 0 saturated carbocycles. The van der Waals surface area contributed by atoms with Crippen molar-refractivity contribution in [2.75, 3.05) is 0 Å². The molecule has 0 aliphatic rings. The number of halogens is 3. The molecule has 9 heteroatoms. The summed E-state index contributed by atoms with van der Waals surface area (Å²) in [5.74, 6) is -0.784. The van der Waals surface area contributed by atoms with E-state index in [1.807, 2.05) is 23.8 Å². The maximum atomic E-state index is 12.5. The molecule has 0 spiro atoms. The maximum Gasteiger partial charge on any atom is 0.433 e. The fraction of sp³-hybridized carbons (Fsp3) is 0.250. The smallest absolute Gasteiger partial charge is 0.274 e. The van der Waals surface area contributed by atoms with E-state index in [-0.39, 0.29) is 6.42 Å². The van der Waals surface area contributed by atoms with Crippen molar-refractivity contribution >= 4 is 15.9 Å². The summed E-state index contributed by atoms with van der Waals surface area (Å²) in [6, 6.07) is 6.74. The molecule has 0 radical (unpaired) electrons. The lowest BCUT2D eigenvalue weighted by Gasteiger charge is -2.10. The third-order valence-electron chi connectivity index (χ3n) is 3.44. The Morgan fingerprint density at radius 2 is 1.84 bits per heavy atom. The first-order valence-electron chi connectivity index (χ1n) is 7.14. The van der Waals surface area contributed by atoms with Gasteiger partial charge in [-0.15, -0.1) is 0 Å². The van der Waals surface area contributed by atoms with Gasteiger partial charge in [0, 0.05) is 6.20 Å². The Kier molecular flexibility index (Phi) is 5.17. The van der Waals surface area contributed by atoms with Crippen LogP contribution in [0.15, 0.2) is 41.4 Å². The van der Waals surface area contributed by atoms with Crippen molar-refractivity contribution < 1.29 is 26.4 Å². The van der Waals surface area contributed by atoms with Gasteiger partial charge in [-0.25, -0.2) is 13.1 Å². The highest BCUT2D eigenvalue weighted by atomic mass is 32.2. The molecule has 2 aromatic rings. The predicted octanol–water partition coefficient (Wildman–Crippen LogP) is 2.76. The molecule has 0 saturated heterocycles. The Balaban J connectivity index is 2.15. The number of carbonyl (C=O) groups is 1. The lowest BCUT2D eigenvalue weighted by Crippen LogP contribution is -2.32. The van der Waals surface area contributed by atoms with Gasteiger partial charge >= 0.3 is 6.18 Å². The SMILES string of the molecule is Cc1ccc(C)c(CC(=O)NS(=O)(=O)c2ccc(C(F)(F)F)nc2)c1. The molecule has 0 atom stereocenters. The average molecular weight is 372 g/mol. The van der Waals surface area contributed by atoms with Gasteiger partial charge in [-0.05, 0) is 37.1 Å². The van der Waals surface area contributed by atoms with E-state index < -0.39 is 32.7 Å². The van der Waals surface area contributed by atoms with Gasteiger partial charge in [-0.1, -0.05) is 23.8 Å². The van der Waals surface area contributed by atoms with Gasteiger partial charge < -0.3 is 0 Å². The highest BCUT2D eigenvalue weighted by Crippen LogP contribution is 2.27. The summed E-state index contributed by atoms with van der Waals surface area (Å²) < 4.78 is 63.4. The average Bonchev–Trinajstić information content (AvgIpc) is 2.49. The number of amides is 1. The second-order valence-electron chi connectivity index (χ2n) is 5.51. The predicted molar refractivity (Wildman–Crippen MR) is 84.2 cm³/mol. The number of rotatable bonds is 4. The van der Waals surface area contributed by atoms with Crippen LogP contribution in [0.1, 0.15) is 22.4 Å². The molecule has 2 rings (SSSR count). The summed E-state index contributed by atoms with van der Waals surface area (Å²) in [7, 11) is -4.29. The number of aryl methyl sites for hydroxylation is 2. The number of nitrogens with one attached hydrogen (secondary N) is 1. The van der Waals surface area contributed by atoms with Crippen molar-refractivity contribution in [3.05, 3.63) is 58.9 Å². The van der Waals surface area contributed by atoms with E-state index in [2.05, 4.69) is 4.98 Å². The number of aromatic nitrogens is 1. The minimum Gasteiger partial charge on any atom is -0.274 e. The number of alkyl halides is 3.